The van der Waals surface area contributed by atoms with Gasteiger partial charge in [0.15, 0.2) is 6.10 Å². The zero-order valence-corrected chi connectivity index (χ0v) is 12.6. The smallest absolute Gasteiger partial charge is 0.373 e. The van der Waals surface area contributed by atoms with Gasteiger partial charge in [-0.3, -0.25) is 9.59 Å². The molecule has 1 aliphatic heterocycles. The summed E-state index contributed by atoms with van der Waals surface area (Å²) in [5.74, 6) is -2.34. The highest BCUT2D eigenvalue weighted by Gasteiger charge is 2.41. The van der Waals surface area contributed by atoms with Crippen molar-refractivity contribution in [2.24, 2.45) is 5.11 Å². The number of nitrogens with one attached hydrogen (secondary N) is 2. The molecule has 1 rings (SSSR count). The highest BCUT2D eigenvalue weighted by molar-refractivity contribution is 5.89. The van der Waals surface area contributed by atoms with Gasteiger partial charge in [0.05, 0.1) is 25.8 Å². The normalized spacial score (nSPS) is 22.7. The lowest BCUT2D eigenvalue weighted by Crippen LogP contribution is -2.58. The SMILES string of the molecule is COC(=O)C1=C[C@H](N=[N+]=[N-])[C@@H](NC(C)=O)[C@H](C(=O)NCCO)O1. The fourth-order valence-electron chi connectivity index (χ4n) is 1.96. The van der Waals surface area contributed by atoms with E-state index in [9.17, 15) is 14.4 Å². The number of azide groups is 1. The van der Waals surface area contributed by atoms with Gasteiger partial charge in [0.2, 0.25) is 11.7 Å². The van der Waals surface area contributed by atoms with Gasteiger partial charge in [0.25, 0.3) is 5.91 Å². The highest BCUT2D eigenvalue weighted by Crippen LogP contribution is 2.22. The minimum Gasteiger partial charge on any atom is -0.471 e. The Balaban J connectivity index is 3.18. The summed E-state index contributed by atoms with van der Waals surface area (Å²) in [5.41, 5.74) is 8.64. The Labute approximate surface area is 131 Å². The molecule has 0 aromatic rings. The van der Waals surface area contributed by atoms with Crippen molar-refractivity contribution >= 4 is 17.8 Å². The van der Waals surface area contributed by atoms with Crippen LogP contribution in [0.5, 0.6) is 0 Å². The number of hydrogen-bond donors (Lipinski definition) is 3. The molecule has 0 fully saturated rings. The molecule has 0 bridgehead atoms. The number of amides is 2. The molecule has 0 radical (unpaired) electrons. The first kappa shape index (κ1) is 18.3. The fourth-order valence-corrected chi connectivity index (χ4v) is 1.96. The molecule has 0 spiro atoms. The quantitative estimate of drug-likeness (QED) is 0.238. The number of nitrogens with zero attached hydrogens (tertiary/aromatic N) is 3. The third kappa shape index (κ3) is 4.87. The maximum Gasteiger partial charge on any atom is 0.373 e. The van der Waals surface area contributed by atoms with Crippen molar-refractivity contribution in [1.82, 2.24) is 10.6 Å². The molecule has 126 valence electrons. The Bertz CT molecular complexity index is 556. The number of carbonyl (C=O) groups excluding carboxylic acids is 3. The van der Waals surface area contributed by atoms with E-state index in [2.05, 4.69) is 25.4 Å². The van der Waals surface area contributed by atoms with Crippen molar-refractivity contribution in [3.05, 3.63) is 22.3 Å². The number of methoxy groups -OCH3 is 1. The summed E-state index contributed by atoms with van der Waals surface area (Å²) in [6, 6.07) is -2.05. The number of ether oxygens (including phenoxy) is 2. The molecule has 0 aromatic carbocycles. The Hall–Kier alpha value is -2.78. The molecule has 23 heavy (non-hydrogen) atoms. The number of aliphatic hydroxyl groups is 1. The lowest BCUT2D eigenvalue weighted by Gasteiger charge is -2.34. The number of aliphatic hydroxyl groups excluding tert-OH is 1. The van der Waals surface area contributed by atoms with Gasteiger partial charge in [-0.15, -0.1) is 0 Å². The molecule has 1 aliphatic rings. The van der Waals surface area contributed by atoms with Gasteiger partial charge in [0.1, 0.15) is 0 Å². The molecule has 0 unspecified atom stereocenters. The molecular weight excluding hydrogens is 310 g/mol. The van der Waals surface area contributed by atoms with Crippen LogP contribution in [0, 0.1) is 0 Å². The second-order valence-electron chi connectivity index (χ2n) is 4.50. The maximum atomic E-state index is 12.1. The molecule has 3 N–H and O–H groups in total. The predicted octanol–water partition coefficient (Wildman–Crippen LogP) is -1.27. The number of rotatable bonds is 6. The molecule has 3 atom stereocenters. The van der Waals surface area contributed by atoms with Crippen LogP contribution < -0.4 is 10.6 Å². The van der Waals surface area contributed by atoms with Crippen LogP contribution in [0.2, 0.25) is 0 Å². The second kappa shape index (κ2) is 8.61. The van der Waals surface area contributed by atoms with E-state index in [0.29, 0.717) is 0 Å². The Morgan fingerprint density at radius 1 is 1.52 bits per heavy atom. The van der Waals surface area contributed by atoms with Gasteiger partial charge in [0, 0.05) is 18.4 Å². The molecule has 0 aromatic heterocycles. The minimum absolute atomic E-state index is 0.0467. The van der Waals surface area contributed by atoms with Crippen molar-refractivity contribution < 1.29 is 29.0 Å². The van der Waals surface area contributed by atoms with Crippen LogP contribution in [0.25, 0.3) is 10.4 Å². The van der Waals surface area contributed by atoms with Crippen molar-refractivity contribution in [2.75, 3.05) is 20.3 Å². The third-order valence-corrected chi connectivity index (χ3v) is 2.88. The van der Waals surface area contributed by atoms with E-state index >= 15 is 0 Å². The van der Waals surface area contributed by atoms with E-state index < -0.39 is 36.0 Å². The van der Waals surface area contributed by atoms with E-state index in [0.717, 1.165) is 7.11 Å². The third-order valence-electron chi connectivity index (χ3n) is 2.88. The topological polar surface area (TPSA) is 163 Å². The van der Waals surface area contributed by atoms with Crippen molar-refractivity contribution in [3.63, 3.8) is 0 Å². The first-order valence-electron chi connectivity index (χ1n) is 6.61. The molecule has 11 heteroatoms. The van der Waals surface area contributed by atoms with Crippen LogP contribution in [0.3, 0.4) is 0 Å². The van der Waals surface area contributed by atoms with Gasteiger partial charge in [-0.25, -0.2) is 4.79 Å². The van der Waals surface area contributed by atoms with Crippen LogP contribution in [0.1, 0.15) is 6.92 Å². The average molecular weight is 327 g/mol. The fraction of sp³-hybridized carbons (Fsp3) is 0.583. The molecule has 0 saturated carbocycles. The van der Waals surface area contributed by atoms with E-state index in [-0.39, 0.29) is 18.9 Å². The van der Waals surface area contributed by atoms with Gasteiger partial charge >= 0.3 is 5.97 Å². The Kier molecular flexibility index (Phi) is 6.84. The minimum atomic E-state index is -1.33. The Morgan fingerprint density at radius 3 is 2.74 bits per heavy atom. The summed E-state index contributed by atoms with van der Waals surface area (Å²) in [5, 5.41) is 17.1. The molecule has 1 heterocycles. The van der Waals surface area contributed by atoms with Gasteiger partial charge < -0.3 is 25.2 Å². The summed E-state index contributed by atoms with van der Waals surface area (Å²) in [4.78, 5) is 37.7. The molecule has 2 amide bonds. The molecule has 11 nitrogen and oxygen atoms in total. The number of carbonyl (C=O) groups is 3. The Morgan fingerprint density at radius 2 is 2.22 bits per heavy atom. The molecular formula is C12H17N5O6. The second-order valence-corrected chi connectivity index (χ2v) is 4.50. The molecule has 0 saturated heterocycles. The highest BCUT2D eigenvalue weighted by atomic mass is 16.6. The van der Waals surface area contributed by atoms with Crippen LogP contribution >= 0.6 is 0 Å². The zero-order chi connectivity index (χ0) is 17.4. The van der Waals surface area contributed by atoms with E-state index in [1.54, 1.807) is 0 Å². The van der Waals surface area contributed by atoms with Gasteiger partial charge in [-0.05, 0) is 11.6 Å². The van der Waals surface area contributed by atoms with Crippen molar-refractivity contribution in [1.29, 1.82) is 0 Å². The van der Waals surface area contributed by atoms with E-state index in [1.807, 2.05) is 0 Å². The van der Waals surface area contributed by atoms with Crippen LogP contribution in [0.4, 0.5) is 0 Å². The first-order chi connectivity index (χ1) is 10.9. The predicted molar refractivity (Wildman–Crippen MR) is 75.6 cm³/mol. The lowest BCUT2D eigenvalue weighted by molar-refractivity contribution is -0.146. The summed E-state index contributed by atoms with van der Waals surface area (Å²) in [6.45, 7) is 0.868. The van der Waals surface area contributed by atoms with Gasteiger partial charge in [-0.2, -0.15) is 0 Å². The van der Waals surface area contributed by atoms with Crippen LogP contribution in [-0.4, -0.2) is 61.3 Å². The summed E-state index contributed by atoms with van der Waals surface area (Å²) in [7, 11) is 1.12. The van der Waals surface area contributed by atoms with Crippen LogP contribution in [-0.2, 0) is 23.9 Å². The standard InChI is InChI=1S/C12H17N5O6/c1-6(19)15-9-7(16-17-13)5-8(12(21)22-2)23-10(9)11(20)14-3-4-18/h5,7,9-10,18H,3-4H2,1-2H3,(H,14,20)(H,15,19)/t7-,9+,10+/m0/s1. The number of esters is 1. The summed E-state index contributed by atoms with van der Waals surface area (Å²) in [6.07, 6.45) is -0.165. The van der Waals surface area contributed by atoms with Gasteiger partial charge in [-0.1, -0.05) is 5.11 Å². The number of hydrogen-bond acceptors (Lipinski definition) is 7. The largest absolute Gasteiger partial charge is 0.471 e. The van der Waals surface area contributed by atoms with E-state index in [4.69, 9.17) is 15.4 Å². The molecule has 0 aliphatic carbocycles. The van der Waals surface area contributed by atoms with Crippen molar-refractivity contribution in [2.45, 2.75) is 25.1 Å². The first-order valence-corrected chi connectivity index (χ1v) is 6.61. The summed E-state index contributed by atoms with van der Waals surface area (Å²) >= 11 is 0. The van der Waals surface area contributed by atoms with E-state index in [1.165, 1.54) is 13.0 Å². The lowest BCUT2D eigenvalue weighted by atomic mass is 9.98. The monoisotopic (exact) mass is 327 g/mol. The summed E-state index contributed by atoms with van der Waals surface area (Å²) < 4.78 is 9.80. The average Bonchev–Trinajstić information content (AvgIpc) is 2.52. The zero-order valence-electron chi connectivity index (χ0n) is 12.6. The van der Waals surface area contributed by atoms with Crippen LogP contribution in [0.15, 0.2) is 16.9 Å². The maximum absolute atomic E-state index is 12.1. The van der Waals surface area contributed by atoms with Crippen molar-refractivity contribution in [3.8, 4) is 0 Å².